The van der Waals surface area contributed by atoms with E-state index in [0.717, 1.165) is 45.6 Å². The Labute approximate surface area is 132 Å². The summed E-state index contributed by atoms with van der Waals surface area (Å²) in [6.07, 6.45) is 7.14. The summed E-state index contributed by atoms with van der Waals surface area (Å²) >= 11 is 0. The summed E-state index contributed by atoms with van der Waals surface area (Å²) in [6, 6.07) is 8.33. The number of carbonyl (C=O) groups is 1. The molecule has 2 aliphatic rings. The van der Waals surface area contributed by atoms with Gasteiger partial charge in [-0.05, 0) is 30.9 Å². The van der Waals surface area contributed by atoms with E-state index in [0.29, 0.717) is 6.54 Å². The van der Waals surface area contributed by atoms with Crippen molar-refractivity contribution in [3.8, 4) is 0 Å². The van der Waals surface area contributed by atoms with Crippen LogP contribution in [0.4, 0.5) is 5.69 Å². The third kappa shape index (κ3) is 3.69. The fourth-order valence-electron chi connectivity index (χ4n) is 3.13. The smallest absolute Gasteiger partial charge is 0.223 e. The van der Waals surface area contributed by atoms with E-state index >= 15 is 0 Å². The maximum Gasteiger partial charge on any atom is 0.223 e. The first kappa shape index (κ1) is 15.1. The lowest BCUT2D eigenvalue weighted by molar-refractivity contribution is -0.125. The van der Waals surface area contributed by atoms with Gasteiger partial charge in [0.2, 0.25) is 5.91 Å². The molecule has 1 aliphatic carbocycles. The van der Waals surface area contributed by atoms with Gasteiger partial charge in [-0.1, -0.05) is 30.4 Å². The number of nitrogens with zero attached hydrogens (tertiary/aromatic N) is 1. The van der Waals surface area contributed by atoms with Crippen LogP contribution < -0.4 is 10.2 Å². The lowest BCUT2D eigenvalue weighted by Crippen LogP contribution is -2.37. The molecule has 22 heavy (non-hydrogen) atoms. The van der Waals surface area contributed by atoms with E-state index in [1.165, 1.54) is 11.3 Å². The van der Waals surface area contributed by atoms with E-state index in [9.17, 15) is 4.79 Å². The lowest BCUT2D eigenvalue weighted by Gasteiger charge is -2.30. The number of nitrogens with one attached hydrogen (secondary N) is 1. The van der Waals surface area contributed by atoms with Gasteiger partial charge in [-0.2, -0.15) is 0 Å². The first-order valence-electron chi connectivity index (χ1n) is 8.18. The van der Waals surface area contributed by atoms with Crippen molar-refractivity contribution in [1.82, 2.24) is 5.32 Å². The first-order valence-corrected chi connectivity index (χ1v) is 8.18. The Hall–Kier alpha value is -1.81. The Balaban J connectivity index is 1.62. The molecule has 0 bridgehead atoms. The minimum atomic E-state index is 0.139. The van der Waals surface area contributed by atoms with Crippen LogP contribution in [0.25, 0.3) is 0 Å². The maximum atomic E-state index is 12.3. The van der Waals surface area contributed by atoms with E-state index in [1.807, 2.05) is 6.07 Å². The van der Waals surface area contributed by atoms with Crippen molar-refractivity contribution < 1.29 is 9.53 Å². The molecule has 118 valence electrons. The number of para-hydroxylation sites is 1. The molecule has 1 fully saturated rings. The Morgan fingerprint density at radius 2 is 2.05 bits per heavy atom. The second kappa shape index (κ2) is 7.45. The predicted octanol–water partition coefficient (Wildman–Crippen LogP) is 2.50. The van der Waals surface area contributed by atoms with Crippen LogP contribution in [0.3, 0.4) is 0 Å². The Kier molecular flexibility index (Phi) is 5.11. The largest absolute Gasteiger partial charge is 0.378 e. The number of hydrogen-bond acceptors (Lipinski definition) is 3. The van der Waals surface area contributed by atoms with Gasteiger partial charge in [0, 0.05) is 31.2 Å². The number of morpholine rings is 1. The molecule has 1 amide bonds. The van der Waals surface area contributed by atoms with E-state index in [1.54, 1.807) is 0 Å². The minimum Gasteiger partial charge on any atom is -0.378 e. The summed E-state index contributed by atoms with van der Waals surface area (Å²) in [7, 11) is 0. The second-order valence-corrected chi connectivity index (χ2v) is 5.93. The molecule has 1 aliphatic heterocycles. The highest BCUT2D eigenvalue weighted by atomic mass is 16.5. The fraction of sp³-hybridized carbons (Fsp3) is 0.500. The molecule has 1 N–H and O–H groups in total. The predicted molar refractivity (Wildman–Crippen MR) is 87.8 cm³/mol. The normalized spacial score (nSPS) is 21.6. The van der Waals surface area contributed by atoms with Crippen molar-refractivity contribution in [1.29, 1.82) is 0 Å². The summed E-state index contributed by atoms with van der Waals surface area (Å²) in [5, 5.41) is 3.12. The molecule has 3 rings (SSSR count). The SMILES string of the molecule is O=C(NCc1ccccc1N1CCOCC1)[C@H]1CC=CCC1. The lowest BCUT2D eigenvalue weighted by atomic mass is 9.93. The van der Waals surface area contributed by atoms with Crippen LogP contribution in [0.1, 0.15) is 24.8 Å². The van der Waals surface area contributed by atoms with Crippen LogP contribution in [-0.2, 0) is 16.1 Å². The number of benzene rings is 1. The average molecular weight is 300 g/mol. The summed E-state index contributed by atoms with van der Waals surface area (Å²) in [4.78, 5) is 14.6. The highest BCUT2D eigenvalue weighted by molar-refractivity contribution is 5.79. The highest BCUT2D eigenvalue weighted by Crippen LogP contribution is 2.22. The van der Waals surface area contributed by atoms with Gasteiger partial charge in [0.15, 0.2) is 0 Å². The molecular formula is C18H24N2O2. The average Bonchev–Trinajstić information content (AvgIpc) is 2.61. The zero-order valence-corrected chi connectivity index (χ0v) is 13.0. The van der Waals surface area contributed by atoms with Crippen molar-refractivity contribution in [2.75, 3.05) is 31.2 Å². The molecule has 0 unspecified atom stereocenters. The van der Waals surface area contributed by atoms with Gasteiger partial charge in [0.1, 0.15) is 0 Å². The Morgan fingerprint density at radius 3 is 2.82 bits per heavy atom. The van der Waals surface area contributed by atoms with Crippen molar-refractivity contribution >= 4 is 11.6 Å². The molecule has 0 aromatic heterocycles. The number of anilines is 1. The topological polar surface area (TPSA) is 41.6 Å². The van der Waals surface area contributed by atoms with Crippen LogP contribution in [0.2, 0.25) is 0 Å². The molecule has 1 aromatic carbocycles. The van der Waals surface area contributed by atoms with Crippen molar-refractivity contribution in [3.63, 3.8) is 0 Å². The van der Waals surface area contributed by atoms with Gasteiger partial charge in [0.05, 0.1) is 13.2 Å². The van der Waals surface area contributed by atoms with Gasteiger partial charge >= 0.3 is 0 Å². The van der Waals surface area contributed by atoms with Crippen molar-refractivity contribution in [2.24, 2.45) is 5.92 Å². The number of carbonyl (C=O) groups excluding carboxylic acids is 1. The van der Waals surface area contributed by atoms with Crippen molar-refractivity contribution in [3.05, 3.63) is 42.0 Å². The summed E-state index contributed by atoms with van der Waals surface area (Å²) < 4.78 is 5.42. The van der Waals surface area contributed by atoms with Gasteiger partial charge in [0.25, 0.3) is 0 Å². The number of rotatable bonds is 4. The zero-order valence-electron chi connectivity index (χ0n) is 13.0. The molecule has 4 heteroatoms. The van der Waals surface area contributed by atoms with E-state index in [2.05, 4.69) is 40.6 Å². The van der Waals surface area contributed by atoms with Crippen molar-refractivity contribution in [2.45, 2.75) is 25.8 Å². The highest BCUT2D eigenvalue weighted by Gasteiger charge is 2.19. The quantitative estimate of drug-likeness (QED) is 0.869. The Morgan fingerprint density at radius 1 is 1.23 bits per heavy atom. The van der Waals surface area contributed by atoms with E-state index in [-0.39, 0.29) is 11.8 Å². The molecule has 0 spiro atoms. The molecule has 1 saturated heterocycles. The standard InChI is InChI=1S/C18H24N2O2/c21-18(15-6-2-1-3-7-15)19-14-16-8-4-5-9-17(16)20-10-12-22-13-11-20/h1-2,4-5,8-9,15H,3,6-7,10-14H2,(H,19,21)/t15-/m0/s1. The minimum absolute atomic E-state index is 0.139. The molecule has 1 aromatic rings. The third-order valence-electron chi connectivity index (χ3n) is 4.44. The van der Waals surface area contributed by atoms with Crippen LogP contribution in [0.15, 0.2) is 36.4 Å². The Bertz CT molecular complexity index is 536. The van der Waals surface area contributed by atoms with Crippen LogP contribution >= 0.6 is 0 Å². The molecule has 0 saturated carbocycles. The van der Waals surface area contributed by atoms with E-state index < -0.39 is 0 Å². The number of allylic oxidation sites excluding steroid dienone is 2. The third-order valence-corrected chi connectivity index (χ3v) is 4.44. The molecule has 4 nitrogen and oxygen atoms in total. The second-order valence-electron chi connectivity index (χ2n) is 5.93. The van der Waals surface area contributed by atoms with Gasteiger partial charge in [-0.25, -0.2) is 0 Å². The fourth-order valence-corrected chi connectivity index (χ4v) is 3.13. The van der Waals surface area contributed by atoms with Crippen LogP contribution in [0, 0.1) is 5.92 Å². The van der Waals surface area contributed by atoms with Crippen LogP contribution in [0.5, 0.6) is 0 Å². The van der Waals surface area contributed by atoms with Gasteiger partial charge in [-0.3, -0.25) is 4.79 Å². The number of ether oxygens (including phenoxy) is 1. The molecular weight excluding hydrogens is 276 g/mol. The number of amides is 1. The van der Waals surface area contributed by atoms with Gasteiger partial charge < -0.3 is 15.0 Å². The van der Waals surface area contributed by atoms with Gasteiger partial charge in [-0.15, -0.1) is 0 Å². The number of hydrogen-bond donors (Lipinski definition) is 1. The monoisotopic (exact) mass is 300 g/mol. The molecule has 0 radical (unpaired) electrons. The zero-order chi connectivity index (χ0) is 15.2. The first-order chi connectivity index (χ1) is 10.8. The molecule has 1 heterocycles. The summed E-state index contributed by atoms with van der Waals surface area (Å²) in [6.45, 7) is 3.98. The molecule has 1 atom stereocenters. The summed E-state index contributed by atoms with van der Waals surface area (Å²) in [5.74, 6) is 0.321. The maximum absolute atomic E-state index is 12.3. The summed E-state index contributed by atoms with van der Waals surface area (Å²) in [5.41, 5.74) is 2.40. The van der Waals surface area contributed by atoms with E-state index in [4.69, 9.17) is 4.74 Å². The van der Waals surface area contributed by atoms with Crippen LogP contribution in [-0.4, -0.2) is 32.2 Å².